The number of nitrogens with zero attached hydrogens (tertiary/aromatic N) is 1. The molecule has 2 amide bonds. The Morgan fingerprint density at radius 2 is 1.88 bits per heavy atom. The van der Waals surface area contributed by atoms with Crippen molar-refractivity contribution in [2.45, 2.75) is 38.8 Å². The van der Waals surface area contributed by atoms with Gasteiger partial charge in [0.05, 0.1) is 18.7 Å². The summed E-state index contributed by atoms with van der Waals surface area (Å²) in [7, 11) is 1.21. The molecule has 0 aromatic heterocycles. The third kappa shape index (κ3) is 3.82. The van der Waals surface area contributed by atoms with Crippen LogP contribution in [-0.2, 0) is 14.3 Å². The molecule has 0 aliphatic carbocycles. The predicted octanol–water partition coefficient (Wildman–Crippen LogP) is 2.57. The SMILES string of the molecule is COC(=O)N1C(=O)/C(=C\NC(C)(C)C)C(=O)CC1c1ccccc1. The van der Waals surface area contributed by atoms with Crippen molar-refractivity contribution in [3.05, 3.63) is 47.7 Å². The number of likely N-dealkylation sites (tertiary alicyclic amines) is 1. The first-order valence-corrected chi connectivity index (χ1v) is 7.72. The second-order valence-electron chi connectivity index (χ2n) is 6.65. The zero-order chi connectivity index (χ0) is 17.9. The Kier molecular flexibility index (Phi) is 5.07. The fourth-order valence-electron chi connectivity index (χ4n) is 2.45. The van der Waals surface area contributed by atoms with Crippen LogP contribution in [0.15, 0.2) is 42.1 Å². The molecule has 1 aromatic rings. The van der Waals surface area contributed by atoms with Crippen LogP contribution in [0, 0.1) is 0 Å². The number of ether oxygens (including phenoxy) is 1. The molecule has 1 unspecified atom stereocenters. The summed E-state index contributed by atoms with van der Waals surface area (Å²) in [6.45, 7) is 5.73. The molecule has 1 atom stereocenters. The van der Waals surface area contributed by atoms with Gasteiger partial charge in [0.25, 0.3) is 5.91 Å². The second-order valence-corrected chi connectivity index (χ2v) is 6.65. The van der Waals surface area contributed by atoms with Gasteiger partial charge in [0.2, 0.25) is 0 Å². The number of rotatable bonds is 2. The van der Waals surface area contributed by atoms with E-state index in [1.807, 2.05) is 26.8 Å². The highest BCUT2D eigenvalue weighted by molar-refractivity contribution is 6.24. The van der Waals surface area contributed by atoms with Crippen LogP contribution < -0.4 is 5.32 Å². The molecule has 0 bridgehead atoms. The summed E-state index contributed by atoms with van der Waals surface area (Å²) in [5.74, 6) is -0.950. The zero-order valence-electron chi connectivity index (χ0n) is 14.3. The Hall–Kier alpha value is -2.63. The summed E-state index contributed by atoms with van der Waals surface area (Å²) in [4.78, 5) is 38.3. The van der Waals surface area contributed by atoms with Gasteiger partial charge in [-0.25, -0.2) is 9.69 Å². The molecule has 1 heterocycles. The van der Waals surface area contributed by atoms with Gasteiger partial charge in [-0.3, -0.25) is 9.59 Å². The van der Waals surface area contributed by atoms with Gasteiger partial charge in [-0.05, 0) is 26.3 Å². The van der Waals surface area contributed by atoms with Crippen molar-refractivity contribution in [3.8, 4) is 0 Å². The predicted molar refractivity (Wildman–Crippen MR) is 89.0 cm³/mol. The molecular formula is C18H22N2O4. The van der Waals surface area contributed by atoms with Crippen molar-refractivity contribution in [1.82, 2.24) is 10.2 Å². The van der Waals surface area contributed by atoms with Gasteiger partial charge in [0, 0.05) is 18.2 Å². The van der Waals surface area contributed by atoms with Crippen molar-refractivity contribution in [3.63, 3.8) is 0 Å². The van der Waals surface area contributed by atoms with Gasteiger partial charge in [0.15, 0.2) is 5.78 Å². The van der Waals surface area contributed by atoms with E-state index in [0.717, 1.165) is 4.90 Å². The minimum Gasteiger partial charge on any atom is -0.452 e. The average Bonchev–Trinajstić information content (AvgIpc) is 2.53. The van der Waals surface area contributed by atoms with E-state index in [2.05, 4.69) is 5.32 Å². The summed E-state index contributed by atoms with van der Waals surface area (Å²) >= 11 is 0. The highest BCUT2D eigenvalue weighted by Gasteiger charge is 2.42. The van der Waals surface area contributed by atoms with Gasteiger partial charge in [-0.1, -0.05) is 30.3 Å². The van der Waals surface area contributed by atoms with Crippen molar-refractivity contribution in [2.24, 2.45) is 0 Å². The molecule has 6 nitrogen and oxygen atoms in total. The standard InChI is InChI=1S/C18H22N2O4/c1-18(2,3)19-11-13-15(21)10-14(12-8-6-5-7-9-12)20(16(13)22)17(23)24-4/h5-9,11,14,19H,10H2,1-4H3/b13-11-. The first-order chi connectivity index (χ1) is 11.2. The van der Waals surface area contributed by atoms with E-state index in [4.69, 9.17) is 4.74 Å². The maximum absolute atomic E-state index is 12.7. The molecule has 1 aliphatic rings. The third-order valence-electron chi connectivity index (χ3n) is 3.65. The smallest absolute Gasteiger partial charge is 0.417 e. The molecule has 128 valence electrons. The van der Waals surface area contributed by atoms with Gasteiger partial charge in [-0.2, -0.15) is 0 Å². The number of carbonyl (C=O) groups excluding carboxylic acids is 3. The van der Waals surface area contributed by atoms with Crippen LogP contribution in [0.1, 0.15) is 38.8 Å². The number of nitrogens with one attached hydrogen (secondary N) is 1. The van der Waals surface area contributed by atoms with Gasteiger partial charge in [-0.15, -0.1) is 0 Å². The Balaban J connectivity index is 2.40. The quantitative estimate of drug-likeness (QED) is 0.666. The summed E-state index contributed by atoms with van der Waals surface area (Å²) < 4.78 is 4.75. The van der Waals surface area contributed by atoms with Crippen molar-refractivity contribution < 1.29 is 19.1 Å². The number of carbonyl (C=O) groups is 3. The number of hydrogen-bond acceptors (Lipinski definition) is 5. The molecule has 1 aliphatic heterocycles. The van der Waals surface area contributed by atoms with E-state index in [-0.39, 0.29) is 23.3 Å². The van der Waals surface area contributed by atoms with Crippen LogP contribution in [0.5, 0.6) is 0 Å². The Bertz CT molecular complexity index is 674. The highest BCUT2D eigenvalue weighted by Crippen LogP contribution is 2.32. The second kappa shape index (κ2) is 6.86. The van der Waals surface area contributed by atoms with E-state index >= 15 is 0 Å². The first kappa shape index (κ1) is 17.7. The summed E-state index contributed by atoms with van der Waals surface area (Å²) in [6.07, 6.45) is 0.646. The van der Waals surface area contributed by atoms with Crippen LogP contribution in [-0.4, -0.2) is 35.3 Å². The van der Waals surface area contributed by atoms with Gasteiger partial charge < -0.3 is 10.1 Å². The number of benzene rings is 1. The summed E-state index contributed by atoms with van der Waals surface area (Å²) in [5.41, 5.74) is 0.370. The molecule has 0 spiro atoms. The van der Waals surface area contributed by atoms with Crippen molar-refractivity contribution >= 4 is 17.8 Å². The Labute approximate surface area is 141 Å². The zero-order valence-corrected chi connectivity index (χ0v) is 14.3. The number of amides is 2. The molecule has 1 aromatic carbocycles. The number of hydrogen-bond donors (Lipinski definition) is 1. The molecule has 24 heavy (non-hydrogen) atoms. The van der Waals surface area contributed by atoms with Crippen molar-refractivity contribution in [2.75, 3.05) is 7.11 Å². The molecule has 0 radical (unpaired) electrons. The van der Waals surface area contributed by atoms with Crippen LogP contribution in [0.3, 0.4) is 0 Å². The first-order valence-electron chi connectivity index (χ1n) is 7.72. The fourth-order valence-corrected chi connectivity index (χ4v) is 2.45. The number of Topliss-reactive ketones (excluding diaryl/α,β-unsaturated/α-hetero) is 1. The topological polar surface area (TPSA) is 75.7 Å². The fraction of sp³-hybridized carbons (Fsp3) is 0.389. The maximum Gasteiger partial charge on any atom is 0.417 e. The number of methoxy groups -OCH3 is 1. The lowest BCUT2D eigenvalue weighted by Crippen LogP contribution is -2.47. The minimum absolute atomic E-state index is 0.0303. The molecule has 2 rings (SSSR count). The molecule has 1 saturated heterocycles. The van der Waals surface area contributed by atoms with Crippen LogP contribution in [0.25, 0.3) is 0 Å². The third-order valence-corrected chi connectivity index (χ3v) is 3.65. The van der Waals surface area contributed by atoms with E-state index in [9.17, 15) is 14.4 Å². The molecule has 6 heteroatoms. The van der Waals surface area contributed by atoms with E-state index in [1.54, 1.807) is 24.3 Å². The lowest BCUT2D eigenvalue weighted by atomic mass is 9.91. The lowest BCUT2D eigenvalue weighted by Gasteiger charge is -2.33. The monoisotopic (exact) mass is 330 g/mol. The van der Waals surface area contributed by atoms with Crippen LogP contribution >= 0.6 is 0 Å². The Morgan fingerprint density at radius 3 is 2.42 bits per heavy atom. The number of piperidine rings is 1. The average molecular weight is 330 g/mol. The minimum atomic E-state index is -0.775. The summed E-state index contributed by atoms with van der Waals surface area (Å²) in [6, 6.07) is 8.33. The van der Waals surface area contributed by atoms with E-state index < -0.39 is 18.0 Å². The largest absolute Gasteiger partial charge is 0.452 e. The van der Waals surface area contributed by atoms with Crippen molar-refractivity contribution in [1.29, 1.82) is 0 Å². The normalized spacial score (nSPS) is 20.2. The van der Waals surface area contributed by atoms with E-state index in [1.165, 1.54) is 13.3 Å². The summed E-state index contributed by atoms with van der Waals surface area (Å²) in [5, 5.41) is 3.00. The molecule has 0 saturated carbocycles. The number of imide groups is 1. The Morgan fingerprint density at radius 1 is 1.25 bits per heavy atom. The van der Waals surface area contributed by atoms with Gasteiger partial charge in [0.1, 0.15) is 0 Å². The molecule has 1 fully saturated rings. The van der Waals surface area contributed by atoms with Crippen LogP contribution in [0.2, 0.25) is 0 Å². The van der Waals surface area contributed by atoms with E-state index in [0.29, 0.717) is 5.56 Å². The maximum atomic E-state index is 12.7. The molecular weight excluding hydrogens is 308 g/mol. The van der Waals surface area contributed by atoms with Crippen LogP contribution in [0.4, 0.5) is 4.79 Å². The van der Waals surface area contributed by atoms with Gasteiger partial charge >= 0.3 is 6.09 Å². The number of ketones is 1. The lowest BCUT2D eigenvalue weighted by molar-refractivity contribution is -0.134. The highest BCUT2D eigenvalue weighted by atomic mass is 16.5. The molecule has 1 N–H and O–H groups in total.